The van der Waals surface area contributed by atoms with Crippen LogP contribution in [0.15, 0.2) is 6.07 Å². The SMILES string of the molecule is CC(C)c1cc(Cl)nc(C2CSC(C)C(C)S2)n1. The van der Waals surface area contributed by atoms with Crippen LogP contribution in [0.4, 0.5) is 0 Å². The molecule has 0 spiro atoms. The minimum absolute atomic E-state index is 0.373. The van der Waals surface area contributed by atoms with Crippen LogP contribution in [-0.4, -0.2) is 26.2 Å². The Balaban J connectivity index is 2.23. The third kappa shape index (κ3) is 3.34. The maximum Gasteiger partial charge on any atom is 0.144 e. The lowest BCUT2D eigenvalue weighted by molar-refractivity contribution is 0.778. The van der Waals surface area contributed by atoms with E-state index in [1.165, 1.54) is 0 Å². The van der Waals surface area contributed by atoms with Gasteiger partial charge >= 0.3 is 0 Å². The van der Waals surface area contributed by atoms with Gasteiger partial charge in [0.05, 0.1) is 5.25 Å². The van der Waals surface area contributed by atoms with Crippen molar-refractivity contribution in [2.24, 2.45) is 0 Å². The summed E-state index contributed by atoms with van der Waals surface area (Å²) in [6.45, 7) is 8.84. The number of thioether (sulfide) groups is 2. The van der Waals surface area contributed by atoms with Crippen LogP contribution in [0.2, 0.25) is 5.15 Å². The molecule has 0 amide bonds. The predicted octanol–water partition coefficient (Wildman–Crippen LogP) is 4.55. The average molecular weight is 303 g/mol. The summed E-state index contributed by atoms with van der Waals surface area (Å²) in [4.78, 5) is 9.11. The molecule has 1 aromatic rings. The highest BCUT2D eigenvalue weighted by Gasteiger charge is 2.29. The molecule has 2 rings (SSSR count). The Morgan fingerprint density at radius 1 is 1.28 bits per heavy atom. The van der Waals surface area contributed by atoms with Crippen LogP contribution < -0.4 is 0 Å². The van der Waals surface area contributed by atoms with Gasteiger partial charge in [-0.1, -0.05) is 39.3 Å². The van der Waals surface area contributed by atoms with Gasteiger partial charge in [0.25, 0.3) is 0 Å². The lowest BCUT2D eigenvalue weighted by Crippen LogP contribution is -2.23. The Labute approximate surface area is 123 Å². The number of halogens is 1. The molecule has 0 saturated carbocycles. The van der Waals surface area contributed by atoms with E-state index in [0.29, 0.717) is 26.8 Å². The first-order valence-corrected chi connectivity index (χ1v) is 8.65. The molecule has 0 bridgehead atoms. The van der Waals surface area contributed by atoms with Crippen LogP contribution >= 0.6 is 35.1 Å². The molecular weight excluding hydrogens is 284 g/mol. The second-order valence-electron chi connectivity index (χ2n) is 5.00. The number of hydrogen-bond acceptors (Lipinski definition) is 4. The predicted molar refractivity (Wildman–Crippen MR) is 82.8 cm³/mol. The Morgan fingerprint density at radius 3 is 2.61 bits per heavy atom. The topological polar surface area (TPSA) is 25.8 Å². The summed E-state index contributed by atoms with van der Waals surface area (Å²) in [6.07, 6.45) is 0. The molecule has 0 radical (unpaired) electrons. The summed E-state index contributed by atoms with van der Waals surface area (Å²) < 4.78 is 0. The molecule has 1 fully saturated rings. The maximum atomic E-state index is 6.11. The molecule has 1 aromatic heterocycles. The van der Waals surface area contributed by atoms with Gasteiger partial charge in [-0.05, 0) is 12.0 Å². The molecule has 5 heteroatoms. The van der Waals surface area contributed by atoms with Crippen molar-refractivity contribution in [2.75, 3.05) is 5.75 Å². The highest BCUT2D eigenvalue weighted by atomic mass is 35.5. The average Bonchev–Trinajstić information content (AvgIpc) is 2.31. The Hall–Kier alpha value is 0.0700. The normalized spacial score (nSPS) is 28.7. The molecule has 0 aliphatic carbocycles. The molecule has 2 heterocycles. The number of hydrogen-bond donors (Lipinski definition) is 0. The van der Waals surface area contributed by atoms with E-state index in [4.69, 9.17) is 11.6 Å². The van der Waals surface area contributed by atoms with E-state index in [1.54, 1.807) is 0 Å². The van der Waals surface area contributed by atoms with Gasteiger partial charge in [0.1, 0.15) is 11.0 Å². The van der Waals surface area contributed by atoms with Crippen molar-refractivity contribution < 1.29 is 0 Å². The molecule has 100 valence electrons. The molecule has 18 heavy (non-hydrogen) atoms. The summed E-state index contributed by atoms with van der Waals surface area (Å²) in [5.74, 6) is 2.37. The van der Waals surface area contributed by atoms with Crippen LogP contribution in [-0.2, 0) is 0 Å². The minimum Gasteiger partial charge on any atom is -0.236 e. The van der Waals surface area contributed by atoms with Crippen LogP contribution in [0.3, 0.4) is 0 Å². The molecule has 1 aliphatic rings. The molecule has 0 N–H and O–H groups in total. The smallest absolute Gasteiger partial charge is 0.144 e. The number of nitrogens with zero attached hydrogens (tertiary/aromatic N) is 2. The molecule has 0 aromatic carbocycles. The third-order valence-corrected chi connectivity index (χ3v) is 6.74. The van der Waals surface area contributed by atoms with E-state index < -0.39 is 0 Å². The zero-order valence-electron chi connectivity index (χ0n) is 11.2. The summed E-state index contributed by atoms with van der Waals surface area (Å²) in [7, 11) is 0. The summed E-state index contributed by atoms with van der Waals surface area (Å²) >= 11 is 10.1. The van der Waals surface area contributed by atoms with Crippen LogP contribution in [0.1, 0.15) is 50.4 Å². The van der Waals surface area contributed by atoms with E-state index in [2.05, 4.69) is 37.7 Å². The van der Waals surface area contributed by atoms with Crippen molar-refractivity contribution in [3.05, 3.63) is 22.7 Å². The van der Waals surface area contributed by atoms with Gasteiger partial charge in [0, 0.05) is 21.9 Å². The van der Waals surface area contributed by atoms with Gasteiger partial charge in [0.15, 0.2) is 0 Å². The lowest BCUT2D eigenvalue weighted by atomic mass is 10.1. The quantitative estimate of drug-likeness (QED) is 0.748. The van der Waals surface area contributed by atoms with Gasteiger partial charge in [0.2, 0.25) is 0 Å². The molecule has 1 aliphatic heterocycles. The lowest BCUT2D eigenvalue weighted by Gasteiger charge is -2.30. The highest BCUT2D eigenvalue weighted by molar-refractivity contribution is 8.07. The zero-order valence-corrected chi connectivity index (χ0v) is 13.6. The van der Waals surface area contributed by atoms with Crippen molar-refractivity contribution >= 4 is 35.1 Å². The largest absolute Gasteiger partial charge is 0.236 e. The van der Waals surface area contributed by atoms with Crippen molar-refractivity contribution in [2.45, 2.75) is 49.4 Å². The van der Waals surface area contributed by atoms with Crippen molar-refractivity contribution in [1.29, 1.82) is 0 Å². The van der Waals surface area contributed by atoms with Gasteiger partial charge < -0.3 is 0 Å². The third-order valence-electron chi connectivity index (χ3n) is 3.16. The second-order valence-corrected chi connectivity index (χ2v) is 8.38. The highest BCUT2D eigenvalue weighted by Crippen LogP contribution is 2.43. The standard InChI is InChI=1S/C13H19ClN2S2/c1-7(2)10-5-12(14)16-13(15-10)11-6-17-8(3)9(4)18-11/h5,7-9,11H,6H2,1-4H3. The first kappa shape index (κ1) is 14.5. The van der Waals surface area contributed by atoms with E-state index in [9.17, 15) is 0 Å². The van der Waals surface area contributed by atoms with Crippen molar-refractivity contribution in [1.82, 2.24) is 9.97 Å². The van der Waals surface area contributed by atoms with Gasteiger partial charge in [-0.25, -0.2) is 9.97 Å². The fourth-order valence-electron chi connectivity index (χ4n) is 1.81. The summed E-state index contributed by atoms with van der Waals surface area (Å²) in [5, 5.41) is 2.28. The number of aromatic nitrogens is 2. The Morgan fingerprint density at radius 2 is 2.00 bits per heavy atom. The molecule has 2 nitrogen and oxygen atoms in total. The second kappa shape index (κ2) is 6.02. The zero-order chi connectivity index (χ0) is 13.3. The molecule has 1 saturated heterocycles. The van der Waals surface area contributed by atoms with Crippen molar-refractivity contribution in [3.8, 4) is 0 Å². The van der Waals surface area contributed by atoms with Crippen LogP contribution in [0.25, 0.3) is 0 Å². The fraction of sp³-hybridized carbons (Fsp3) is 0.692. The van der Waals surface area contributed by atoms with E-state index in [1.807, 2.05) is 29.6 Å². The van der Waals surface area contributed by atoms with Gasteiger partial charge in [-0.15, -0.1) is 11.8 Å². The molecular formula is C13H19ClN2S2. The van der Waals surface area contributed by atoms with E-state index in [0.717, 1.165) is 17.3 Å². The van der Waals surface area contributed by atoms with E-state index >= 15 is 0 Å². The van der Waals surface area contributed by atoms with E-state index in [-0.39, 0.29) is 0 Å². The van der Waals surface area contributed by atoms with Gasteiger partial charge in [-0.2, -0.15) is 11.8 Å². The van der Waals surface area contributed by atoms with Crippen molar-refractivity contribution in [3.63, 3.8) is 0 Å². The first-order valence-electron chi connectivity index (χ1n) is 6.28. The maximum absolute atomic E-state index is 6.11. The minimum atomic E-state index is 0.373. The monoisotopic (exact) mass is 302 g/mol. The Bertz CT molecular complexity index is 425. The molecule has 3 atom stereocenters. The first-order chi connectivity index (χ1) is 8.47. The summed E-state index contributed by atoms with van der Waals surface area (Å²) in [6, 6.07) is 1.88. The number of rotatable bonds is 2. The van der Waals surface area contributed by atoms with Gasteiger partial charge in [-0.3, -0.25) is 0 Å². The molecule has 3 unspecified atom stereocenters. The fourth-order valence-corrected chi connectivity index (χ4v) is 4.85. The van der Waals surface area contributed by atoms with Crippen LogP contribution in [0, 0.1) is 0 Å². The van der Waals surface area contributed by atoms with Crippen LogP contribution in [0.5, 0.6) is 0 Å². The Kier molecular flexibility index (Phi) is 4.84. The summed E-state index contributed by atoms with van der Waals surface area (Å²) in [5.41, 5.74) is 1.04.